The third kappa shape index (κ3) is 6.68. The highest BCUT2D eigenvalue weighted by molar-refractivity contribution is 6.39. The van der Waals surface area contributed by atoms with E-state index in [2.05, 4.69) is 26.1 Å². The van der Waals surface area contributed by atoms with E-state index < -0.39 is 5.79 Å². The van der Waals surface area contributed by atoms with E-state index >= 15 is 0 Å². The first-order chi connectivity index (χ1) is 15.7. The summed E-state index contributed by atoms with van der Waals surface area (Å²) >= 11 is 12.9. The molecule has 0 saturated carbocycles. The van der Waals surface area contributed by atoms with Gasteiger partial charge in [0.2, 0.25) is 5.96 Å². The lowest BCUT2D eigenvalue weighted by Gasteiger charge is -2.17. The molecule has 1 aliphatic rings. The van der Waals surface area contributed by atoms with E-state index in [1.165, 1.54) is 0 Å². The van der Waals surface area contributed by atoms with Gasteiger partial charge in [-0.05, 0) is 43.7 Å². The molecule has 1 unspecified atom stereocenters. The monoisotopic (exact) mass is 492 g/mol. The maximum Gasteiger partial charge on any atom is 0.267 e. The van der Waals surface area contributed by atoms with Crippen molar-refractivity contribution in [3.8, 4) is 16.9 Å². The van der Waals surface area contributed by atoms with Crippen molar-refractivity contribution in [2.24, 2.45) is 15.3 Å². The van der Waals surface area contributed by atoms with Crippen LogP contribution >= 0.6 is 23.2 Å². The summed E-state index contributed by atoms with van der Waals surface area (Å²) in [5.41, 5.74) is 17.5. The number of anilines is 1. The van der Waals surface area contributed by atoms with Gasteiger partial charge in [0.05, 0.1) is 16.7 Å². The van der Waals surface area contributed by atoms with Gasteiger partial charge >= 0.3 is 0 Å². The zero-order valence-corrected chi connectivity index (χ0v) is 19.3. The zero-order valence-electron chi connectivity index (χ0n) is 17.8. The summed E-state index contributed by atoms with van der Waals surface area (Å²) in [5, 5.41) is 17.1. The van der Waals surface area contributed by atoms with Crippen molar-refractivity contribution in [1.29, 1.82) is 16.5 Å². The summed E-state index contributed by atoms with van der Waals surface area (Å²) in [5.74, 6) is -0.592. The Balaban J connectivity index is 1.67. The Labute approximate surface area is 199 Å². The second-order valence-electron chi connectivity index (χ2n) is 7.35. The minimum Gasteiger partial charge on any atom is -0.491 e. The number of halogens is 2. The van der Waals surface area contributed by atoms with E-state index in [-0.39, 0.29) is 18.0 Å². The molecule has 174 valence electrons. The van der Waals surface area contributed by atoms with Gasteiger partial charge in [-0.25, -0.2) is 11.0 Å². The number of hydrogen-bond donors (Lipinski definition) is 5. The van der Waals surface area contributed by atoms with Gasteiger partial charge in [0.1, 0.15) is 18.5 Å². The number of aliphatic imine (C=N–C) groups is 1. The quantitative estimate of drug-likeness (QED) is 0.156. The second kappa shape index (κ2) is 10.7. The minimum atomic E-state index is -0.592. The molecule has 1 heterocycles. The number of hydrogen-bond acceptors (Lipinski definition) is 7. The van der Waals surface area contributed by atoms with Gasteiger partial charge in [-0.15, -0.1) is 5.11 Å². The average molecular weight is 493 g/mol. The summed E-state index contributed by atoms with van der Waals surface area (Å²) in [7, 11) is 0. The van der Waals surface area contributed by atoms with Crippen LogP contribution in [0.1, 0.15) is 13.8 Å². The van der Waals surface area contributed by atoms with Gasteiger partial charge < -0.3 is 19.5 Å². The Hall–Kier alpha value is -3.12. The van der Waals surface area contributed by atoms with E-state index in [9.17, 15) is 0 Å². The first kappa shape index (κ1) is 24.5. The summed E-state index contributed by atoms with van der Waals surface area (Å²) in [6.07, 6.45) is -0.130. The number of benzene rings is 2. The lowest BCUT2D eigenvalue weighted by molar-refractivity contribution is -0.141. The molecule has 3 rings (SSSR count). The summed E-state index contributed by atoms with van der Waals surface area (Å²) in [4.78, 5) is 3.68. The Morgan fingerprint density at radius 3 is 2.39 bits per heavy atom. The van der Waals surface area contributed by atoms with Crippen LogP contribution < -0.4 is 15.5 Å². The van der Waals surface area contributed by atoms with Crippen LogP contribution in [-0.2, 0) is 9.47 Å². The van der Waals surface area contributed by atoms with Crippen molar-refractivity contribution < 1.29 is 14.2 Å². The number of nitrogens with one attached hydrogen (secondary N) is 5. The third-order valence-electron chi connectivity index (χ3n) is 4.43. The molecule has 5 N–H and O–H groups in total. The number of ether oxygens (including phenoxy) is 3. The molecule has 1 aliphatic heterocycles. The number of rotatable bonds is 6. The zero-order chi connectivity index (χ0) is 24.0. The normalized spacial score (nSPS) is 17.3. The molecule has 0 bridgehead atoms. The lowest BCUT2D eigenvalue weighted by atomic mass is 10.0. The molecule has 2 aromatic rings. The van der Waals surface area contributed by atoms with E-state index in [4.69, 9.17) is 53.9 Å². The Morgan fingerprint density at radius 2 is 1.85 bits per heavy atom. The molecular formula is C20H22Cl2N8O3. The highest BCUT2D eigenvalue weighted by atomic mass is 35.5. The van der Waals surface area contributed by atoms with E-state index in [1.807, 2.05) is 38.1 Å². The molecule has 0 radical (unpaired) electrons. The maximum absolute atomic E-state index is 7.84. The smallest absolute Gasteiger partial charge is 0.267 e. The van der Waals surface area contributed by atoms with Crippen LogP contribution in [0.25, 0.3) is 11.1 Å². The molecule has 1 fully saturated rings. The number of guanidine groups is 2. The third-order valence-corrected chi connectivity index (χ3v) is 5.03. The highest BCUT2D eigenvalue weighted by Crippen LogP contribution is 2.38. The molecule has 11 nitrogen and oxygen atoms in total. The fourth-order valence-corrected chi connectivity index (χ4v) is 3.77. The van der Waals surface area contributed by atoms with Crippen molar-refractivity contribution >= 4 is 40.8 Å². The summed E-state index contributed by atoms with van der Waals surface area (Å²) in [6, 6.07) is 10.5. The van der Waals surface area contributed by atoms with Crippen LogP contribution in [0.15, 0.2) is 51.7 Å². The molecule has 1 saturated heterocycles. The molecule has 0 aromatic heterocycles. The van der Waals surface area contributed by atoms with Crippen LogP contribution in [-0.4, -0.2) is 37.0 Å². The van der Waals surface area contributed by atoms with Gasteiger partial charge in [0.25, 0.3) is 5.96 Å². The second-order valence-corrected chi connectivity index (χ2v) is 8.16. The molecule has 0 aliphatic carbocycles. The topological polar surface area (TPSA) is 160 Å². The van der Waals surface area contributed by atoms with E-state index in [0.717, 1.165) is 5.56 Å². The SMILES string of the molecule is CC1(C)OCC(COc2ccc(-c3c(Cl)cc(NC(=N)/N=C(\N=N)NN=N)cc3Cl)cc2)O1. The van der Waals surface area contributed by atoms with E-state index in [0.29, 0.717) is 40.3 Å². The largest absolute Gasteiger partial charge is 0.491 e. The molecular weight excluding hydrogens is 471 g/mol. The van der Waals surface area contributed by atoms with E-state index in [1.54, 1.807) is 12.1 Å². The maximum atomic E-state index is 7.84. The van der Waals surface area contributed by atoms with Gasteiger partial charge in [0.15, 0.2) is 5.79 Å². The van der Waals surface area contributed by atoms with Crippen molar-refractivity contribution in [3.63, 3.8) is 0 Å². The van der Waals surface area contributed by atoms with Crippen LogP contribution in [0, 0.1) is 16.5 Å². The van der Waals surface area contributed by atoms with Crippen molar-refractivity contribution in [2.75, 3.05) is 18.5 Å². The fourth-order valence-electron chi connectivity index (χ4n) is 3.07. The average Bonchev–Trinajstić information content (AvgIpc) is 3.11. The lowest BCUT2D eigenvalue weighted by Crippen LogP contribution is -2.25. The summed E-state index contributed by atoms with van der Waals surface area (Å²) < 4.78 is 17.1. The first-order valence-electron chi connectivity index (χ1n) is 9.69. The predicted octanol–water partition coefficient (Wildman–Crippen LogP) is 5.46. The van der Waals surface area contributed by atoms with Gasteiger partial charge in [-0.3, -0.25) is 5.41 Å². The van der Waals surface area contributed by atoms with Crippen molar-refractivity contribution in [3.05, 3.63) is 46.4 Å². The Bertz CT molecular complexity index is 1050. The molecule has 1 atom stereocenters. The van der Waals surface area contributed by atoms with Crippen molar-refractivity contribution in [1.82, 2.24) is 5.43 Å². The Morgan fingerprint density at radius 1 is 1.18 bits per heavy atom. The number of nitrogens with zero attached hydrogens (tertiary/aromatic N) is 3. The predicted molar refractivity (Wildman–Crippen MR) is 125 cm³/mol. The Kier molecular flexibility index (Phi) is 7.92. The highest BCUT2D eigenvalue weighted by Gasteiger charge is 2.32. The van der Waals surface area contributed by atoms with Gasteiger partial charge in [0, 0.05) is 11.3 Å². The molecule has 33 heavy (non-hydrogen) atoms. The van der Waals surface area contributed by atoms with Crippen LogP contribution in [0.3, 0.4) is 0 Å². The first-order valence-corrected chi connectivity index (χ1v) is 10.4. The van der Waals surface area contributed by atoms with Crippen LogP contribution in [0.5, 0.6) is 5.75 Å². The molecule has 0 spiro atoms. The van der Waals surface area contributed by atoms with Crippen LogP contribution in [0.4, 0.5) is 5.69 Å². The fraction of sp³-hybridized carbons (Fsp3) is 0.300. The van der Waals surface area contributed by atoms with Crippen LogP contribution in [0.2, 0.25) is 10.0 Å². The van der Waals surface area contributed by atoms with Gasteiger partial charge in [-0.2, -0.15) is 10.5 Å². The molecule has 13 heteroatoms. The summed E-state index contributed by atoms with van der Waals surface area (Å²) in [6.45, 7) is 4.59. The molecule has 2 aromatic carbocycles. The minimum absolute atomic E-state index is 0.130. The standard InChI is InChI=1S/C20H22Cl2N8O3/c1-20(2)32-10-14(33-20)9-31-13-5-3-11(4-6-13)17-15(21)7-12(8-16(17)22)26-18(23)27-19(28-24)29-30-25/h3-8,14,24H,9-10H2,1-2H3,(H4,23,25,26,27,29). The molecule has 0 amide bonds. The van der Waals surface area contributed by atoms with Gasteiger partial charge in [-0.1, -0.05) is 40.6 Å². The van der Waals surface area contributed by atoms with Crippen molar-refractivity contribution in [2.45, 2.75) is 25.7 Å².